The van der Waals surface area contributed by atoms with Crippen molar-refractivity contribution in [2.24, 2.45) is 0 Å². The topological polar surface area (TPSA) is 70.4 Å². The number of nitrogens with zero attached hydrogens (tertiary/aromatic N) is 5. The first-order chi connectivity index (χ1) is 14.1. The van der Waals surface area contributed by atoms with Crippen LogP contribution in [0.3, 0.4) is 0 Å². The molecule has 1 aromatic carbocycles. The smallest absolute Gasteiger partial charge is 0.173 e. The van der Waals surface area contributed by atoms with E-state index in [0.29, 0.717) is 16.9 Å². The highest BCUT2D eigenvalue weighted by molar-refractivity contribution is 5.93. The van der Waals surface area contributed by atoms with Gasteiger partial charge < -0.3 is 19.9 Å². The lowest BCUT2D eigenvalue weighted by Gasteiger charge is -2.29. The summed E-state index contributed by atoms with van der Waals surface area (Å²) in [4.78, 5) is 14.7. The average molecular weight is 395 g/mol. The molecule has 9 heteroatoms. The molecule has 1 aliphatic heterocycles. The first kappa shape index (κ1) is 17.7. The van der Waals surface area contributed by atoms with E-state index < -0.39 is 11.6 Å². The van der Waals surface area contributed by atoms with E-state index in [-0.39, 0.29) is 16.9 Å². The van der Waals surface area contributed by atoms with Gasteiger partial charge in [0.15, 0.2) is 11.5 Å². The summed E-state index contributed by atoms with van der Waals surface area (Å²) < 4.78 is 31.0. The van der Waals surface area contributed by atoms with Gasteiger partial charge in [-0.1, -0.05) is 0 Å². The Morgan fingerprint density at radius 2 is 1.86 bits per heavy atom. The van der Waals surface area contributed by atoms with Crippen LogP contribution in [0.4, 0.5) is 26.0 Å². The zero-order chi connectivity index (χ0) is 20.0. The molecule has 4 heterocycles. The molecule has 29 heavy (non-hydrogen) atoms. The Labute approximate surface area is 165 Å². The van der Waals surface area contributed by atoms with Gasteiger partial charge in [-0.05, 0) is 19.1 Å². The molecule has 1 fully saturated rings. The summed E-state index contributed by atoms with van der Waals surface area (Å²) in [6, 6.07) is 4.69. The molecular formula is C20H19F2N7. The van der Waals surface area contributed by atoms with Crippen molar-refractivity contribution in [2.75, 3.05) is 36.4 Å². The zero-order valence-electron chi connectivity index (χ0n) is 15.8. The van der Waals surface area contributed by atoms with Crippen LogP contribution in [-0.4, -0.2) is 45.5 Å². The number of rotatable bonds is 3. The van der Waals surface area contributed by atoms with Gasteiger partial charge in [0.1, 0.15) is 18.0 Å². The number of fused-ring (bicyclic) bond motifs is 2. The Morgan fingerprint density at radius 3 is 2.69 bits per heavy atom. The fraction of sp³-hybridized carbons (Fsp3) is 0.250. The molecule has 2 N–H and O–H groups in total. The van der Waals surface area contributed by atoms with Crippen molar-refractivity contribution in [3.63, 3.8) is 0 Å². The fourth-order valence-electron chi connectivity index (χ4n) is 3.71. The second-order valence-corrected chi connectivity index (χ2v) is 7.10. The van der Waals surface area contributed by atoms with Crippen LogP contribution in [0.25, 0.3) is 16.6 Å². The number of piperazine rings is 1. The minimum absolute atomic E-state index is 0.243. The molecule has 0 aliphatic carbocycles. The van der Waals surface area contributed by atoms with Gasteiger partial charge in [-0.15, -0.1) is 0 Å². The number of halogens is 2. The lowest BCUT2D eigenvalue weighted by molar-refractivity contribution is 0.586. The van der Waals surface area contributed by atoms with Crippen LogP contribution in [0.2, 0.25) is 0 Å². The second kappa shape index (κ2) is 6.93. The molecule has 0 amide bonds. The summed E-state index contributed by atoms with van der Waals surface area (Å²) in [5.41, 5.74) is 2.68. The summed E-state index contributed by atoms with van der Waals surface area (Å²) in [5.74, 6) is -0.600. The summed E-state index contributed by atoms with van der Waals surface area (Å²) in [6.45, 7) is 5.13. The lowest BCUT2D eigenvalue weighted by Crippen LogP contribution is -2.43. The van der Waals surface area contributed by atoms with Gasteiger partial charge in [0, 0.05) is 50.3 Å². The van der Waals surface area contributed by atoms with Crippen LogP contribution >= 0.6 is 0 Å². The highest BCUT2D eigenvalue weighted by Gasteiger charge is 2.17. The Kier molecular flexibility index (Phi) is 4.24. The molecular weight excluding hydrogens is 376 g/mol. The van der Waals surface area contributed by atoms with Crippen molar-refractivity contribution < 1.29 is 8.78 Å². The summed E-state index contributed by atoms with van der Waals surface area (Å²) in [7, 11) is 0. The van der Waals surface area contributed by atoms with Crippen molar-refractivity contribution in [1.82, 2.24) is 24.7 Å². The van der Waals surface area contributed by atoms with E-state index in [1.165, 1.54) is 18.5 Å². The standard InChI is InChI=1S/C20H19F2N7/c1-12-9-29-10-13(6-16(22)20(29)26-12)27-19-18-15(21)7-14(8-17(18)24-11-25-19)28-4-2-23-3-5-28/h6-11,23H,2-5H2,1H3,(H,24,25,27). The van der Waals surface area contributed by atoms with Crippen molar-refractivity contribution in [3.05, 3.63) is 54.2 Å². The molecule has 4 aromatic rings. The quantitative estimate of drug-likeness (QED) is 0.556. The Hall–Kier alpha value is -3.33. The third-order valence-corrected chi connectivity index (χ3v) is 5.05. The van der Waals surface area contributed by atoms with Gasteiger partial charge >= 0.3 is 0 Å². The van der Waals surface area contributed by atoms with E-state index in [1.807, 2.05) is 6.07 Å². The number of anilines is 3. The molecule has 3 aromatic heterocycles. The van der Waals surface area contributed by atoms with Crippen LogP contribution < -0.4 is 15.5 Å². The minimum atomic E-state index is -0.470. The first-order valence-electron chi connectivity index (χ1n) is 9.40. The number of aromatic nitrogens is 4. The Balaban J connectivity index is 1.55. The third-order valence-electron chi connectivity index (χ3n) is 5.05. The maximum Gasteiger partial charge on any atom is 0.173 e. The highest BCUT2D eigenvalue weighted by Crippen LogP contribution is 2.30. The van der Waals surface area contributed by atoms with E-state index in [9.17, 15) is 4.39 Å². The first-order valence-corrected chi connectivity index (χ1v) is 9.40. The zero-order valence-corrected chi connectivity index (χ0v) is 15.8. The Bertz CT molecular complexity index is 1210. The molecule has 1 saturated heterocycles. The van der Waals surface area contributed by atoms with E-state index in [1.54, 1.807) is 23.7 Å². The summed E-state index contributed by atoms with van der Waals surface area (Å²) in [6.07, 6.45) is 4.79. The molecule has 0 saturated carbocycles. The number of imidazole rings is 1. The maximum absolute atomic E-state index is 15.0. The molecule has 148 valence electrons. The predicted octanol–water partition coefficient (Wildman–Crippen LogP) is 3.02. The molecule has 1 aliphatic rings. The molecule has 0 atom stereocenters. The number of hydrogen-bond acceptors (Lipinski definition) is 6. The van der Waals surface area contributed by atoms with E-state index in [2.05, 4.69) is 30.5 Å². The average Bonchev–Trinajstić information content (AvgIpc) is 3.09. The normalized spacial score (nSPS) is 14.7. The fourth-order valence-corrected chi connectivity index (χ4v) is 3.71. The van der Waals surface area contributed by atoms with Gasteiger partial charge in [-0.3, -0.25) is 0 Å². The van der Waals surface area contributed by atoms with Crippen molar-refractivity contribution >= 4 is 33.7 Å². The number of hydrogen-bond donors (Lipinski definition) is 2. The van der Waals surface area contributed by atoms with Gasteiger partial charge in [-0.2, -0.15) is 0 Å². The molecule has 5 rings (SSSR count). The van der Waals surface area contributed by atoms with E-state index in [0.717, 1.165) is 31.9 Å². The van der Waals surface area contributed by atoms with Crippen molar-refractivity contribution in [1.29, 1.82) is 0 Å². The number of nitrogens with one attached hydrogen (secondary N) is 2. The highest BCUT2D eigenvalue weighted by atomic mass is 19.1. The van der Waals surface area contributed by atoms with Crippen LogP contribution in [0.5, 0.6) is 0 Å². The van der Waals surface area contributed by atoms with E-state index in [4.69, 9.17) is 0 Å². The van der Waals surface area contributed by atoms with E-state index >= 15 is 4.39 Å². The van der Waals surface area contributed by atoms with Crippen LogP contribution in [0.1, 0.15) is 5.69 Å². The molecule has 0 unspecified atom stereocenters. The number of pyridine rings is 1. The summed E-state index contributed by atoms with van der Waals surface area (Å²) in [5, 5.41) is 6.58. The van der Waals surface area contributed by atoms with Gasteiger partial charge in [-0.25, -0.2) is 23.7 Å². The minimum Gasteiger partial charge on any atom is -0.369 e. The van der Waals surface area contributed by atoms with Gasteiger partial charge in [0.05, 0.1) is 22.3 Å². The van der Waals surface area contributed by atoms with Crippen LogP contribution in [0.15, 0.2) is 36.9 Å². The van der Waals surface area contributed by atoms with Gasteiger partial charge in [0.25, 0.3) is 0 Å². The van der Waals surface area contributed by atoms with Crippen molar-refractivity contribution in [2.45, 2.75) is 6.92 Å². The molecule has 0 radical (unpaired) electrons. The predicted molar refractivity (Wildman–Crippen MR) is 108 cm³/mol. The van der Waals surface area contributed by atoms with Crippen molar-refractivity contribution in [3.8, 4) is 0 Å². The largest absolute Gasteiger partial charge is 0.369 e. The number of benzene rings is 1. The lowest BCUT2D eigenvalue weighted by atomic mass is 10.1. The Morgan fingerprint density at radius 1 is 1.03 bits per heavy atom. The molecule has 0 bridgehead atoms. The van der Waals surface area contributed by atoms with Crippen LogP contribution in [0, 0.1) is 18.6 Å². The molecule has 7 nitrogen and oxygen atoms in total. The van der Waals surface area contributed by atoms with Crippen LogP contribution in [-0.2, 0) is 0 Å². The maximum atomic E-state index is 15.0. The third kappa shape index (κ3) is 3.23. The number of aryl methyl sites for hydroxylation is 1. The monoisotopic (exact) mass is 395 g/mol. The van der Waals surface area contributed by atoms with Gasteiger partial charge in [0.2, 0.25) is 0 Å². The summed E-state index contributed by atoms with van der Waals surface area (Å²) >= 11 is 0. The SMILES string of the molecule is Cc1cn2cc(Nc3ncnc4cc(N5CCNCC5)cc(F)c34)cc(F)c2n1. The molecule has 0 spiro atoms. The second-order valence-electron chi connectivity index (χ2n) is 7.10.